The fraction of sp³-hybridized carbons (Fsp3) is 0.429. The highest BCUT2D eigenvalue weighted by molar-refractivity contribution is 5.33. The number of nitrogens with two attached hydrogens (primary N) is 1. The van der Waals surface area contributed by atoms with E-state index >= 15 is 0 Å². The summed E-state index contributed by atoms with van der Waals surface area (Å²) in [5, 5.41) is 3.07. The first-order chi connectivity index (χ1) is 13.4. The largest absolute Gasteiger partial charge is 0.489 e. The maximum atomic E-state index is 12.8. The van der Waals surface area contributed by atoms with Gasteiger partial charge in [0.1, 0.15) is 18.4 Å². The second-order valence-electron chi connectivity index (χ2n) is 7.02. The fourth-order valence-electron chi connectivity index (χ4n) is 3.32. The lowest BCUT2D eigenvalue weighted by Crippen LogP contribution is -2.54. The van der Waals surface area contributed by atoms with Gasteiger partial charge in [-0.05, 0) is 36.1 Å². The molecule has 1 aliphatic heterocycles. The first kappa shape index (κ1) is 20.6. The molecule has 1 atom stereocenters. The lowest BCUT2D eigenvalue weighted by molar-refractivity contribution is -0.147. The summed E-state index contributed by atoms with van der Waals surface area (Å²) in [6, 6.07) is 15.4. The first-order valence-corrected chi connectivity index (χ1v) is 9.31. The van der Waals surface area contributed by atoms with E-state index < -0.39 is 17.8 Å². The number of rotatable bonds is 7. The van der Waals surface area contributed by atoms with Crippen LogP contribution in [0.1, 0.15) is 24.0 Å². The van der Waals surface area contributed by atoms with Gasteiger partial charge in [-0.15, -0.1) is 0 Å². The van der Waals surface area contributed by atoms with Gasteiger partial charge in [-0.1, -0.05) is 42.5 Å². The van der Waals surface area contributed by atoms with Crippen LogP contribution in [0.25, 0.3) is 0 Å². The second-order valence-corrected chi connectivity index (χ2v) is 7.02. The summed E-state index contributed by atoms with van der Waals surface area (Å²) in [7, 11) is 0. The van der Waals surface area contributed by atoms with Crippen molar-refractivity contribution < 1.29 is 22.6 Å². The highest BCUT2D eigenvalue weighted by atomic mass is 19.4. The molecule has 28 heavy (non-hydrogen) atoms. The van der Waals surface area contributed by atoms with Crippen LogP contribution in [0.15, 0.2) is 54.6 Å². The molecule has 0 saturated carbocycles. The maximum absolute atomic E-state index is 12.8. The molecule has 7 heteroatoms. The predicted octanol–water partition coefficient (Wildman–Crippen LogP) is 3.75. The fourth-order valence-corrected chi connectivity index (χ4v) is 3.32. The monoisotopic (exact) mass is 394 g/mol. The standard InChI is InChI=1S/C21H25F3N2O2/c22-21(23,24)19(25)14-26-20(10-12-27-13-11-20)17-6-8-18(9-7-17)28-15-16-4-2-1-3-5-16/h1-9,19,26H,10-15,25H2. The molecule has 2 aromatic carbocycles. The zero-order valence-electron chi connectivity index (χ0n) is 15.5. The zero-order valence-corrected chi connectivity index (χ0v) is 15.5. The minimum Gasteiger partial charge on any atom is -0.489 e. The molecular formula is C21H25F3N2O2. The highest BCUT2D eigenvalue weighted by Crippen LogP contribution is 2.33. The maximum Gasteiger partial charge on any atom is 0.404 e. The first-order valence-electron chi connectivity index (χ1n) is 9.31. The van der Waals surface area contributed by atoms with E-state index in [1.807, 2.05) is 54.6 Å². The van der Waals surface area contributed by atoms with Crippen molar-refractivity contribution in [3.05, 3.63) is 65.7 Å². The minimum absolute atomic E-state index is 0.338. The zero-order chi connectivity index (χ0) is 20.0. The molecule has 1 unspecified atom stereocenters. The van der Waals surface area contributed by atoms with Crippen LogP contribution in [0.3, 0.4) is 0 Å². The van der Waals surface area contributed by atoms with E-state index in [9.17, 15) is 13.2 Å². The van der Waals surface area contributed by atoms with Crippen molar-refractivity contribution in [3.63, 3.8) is 0 Å². The highest BCUT2D eigenvalue weighted by Gasteiger charge is 2.40. The Morgan fingerprint density at radius 3 is 2.29 bits per heavy atom. The molecule has 1 fully saturated rings. The van der Waals surface area contributed by atoms with Gasteiger partial charge in [0, 0.05) is 25.3 Å². The Balaban J connectivity index is 1.68. The molecule has 0 aliphatic carbocycles. The Hall–Kier alpha value is -2.09. The molecule has 3 N–H and O–H groups in total. The number of nitrogens with one attached hydrogen (secondary N) is 1. The smallest absolute Gasteiger partial charge is 0.404 e. The van der Waals surface area contributed by atoms with Crippen LogP contribution < -0.4 is 15.8 Å². The normalized spacial score (nSPS) is 17.9. The van der Waals surface area contributed by atoms with Gasteiger partial charge in [0.05, 0.1) is 0 Å². The van der Waals surface area contributed by atoms with E-state index in [1.165, 1.54) is 0 Å². The Labute approximate surface area is 162 Å². The van der Waals surface area contributed by atoms with E-state index in [1.54, 1.807) is 0 Å². The second kappa shape index (κ2) is 8.94. The summed E-state index contributed by atoms with van der Waals surface area (Å²) < 4.78 is 49.6. The van der Waals surface area contributed by atoms with Crippen LogP contribution >= 0.6 is 0 Å². The molecule has 1 heterocycles. The van der Waals surface area contributed by atoms with Gasteiger partial charge in [-0.25, -0.2) is 0 Å². The molecule has 0 amide bonds. The average Bonchev–Trinajstić information content (AvgIpc) is 2.71. The van der Waals surface area contributed by atoms with Crippen LogP contribution in [-0.2, 0) is 16.9 Å². The van der Waals surface area contributed by atoms with Crippen LogP contribution in [0.5, 0.6) is 5.75 Å². The number of hydrogen-bond acceptors (Lipinski definition) is 4. The molecule has 1 saturated heterocycles. The molecule has 4 nitrogen and oxygen atoms in total. The third-order valence-corrected chi connectivity index (χ3v) is 5.08. The predicted molar refractivity (Wildman–Crippen MR) is 101 cm³/mol. The van der Waals surface area contributed by atoms with E-state index in [4.69, 9.17) is 15.2 Å². The van der Waals surface area contributed by atoms with Crippen LogP contribution in [0.4, 0.5) is 13.2 Å². The number of ether oxygens (including phenoxy) is 2. The Morgan fingerprint density at radius 2 is 1.68 bits per heavy atom. The third kappa shape index (κ3) is 5.25. The lowest BCUT2D eigenvalue weighted by Gasteiger charge is -2.39. The van der Waals surface area contributed by atoms with E-state index in [0.29, 0.717) is 38.4 Å². The summed E-state index contributed by atoms with van der Waals surface area (Å²) in [6.07, 6.45) is -3.25. The van der Waals surface area contributed by atoms with Crippen molar-refractivity contribution in [2.75, 3.05) is 19.8 Å². The summed E-state index contributed by atoms with van der Waals surface area (Å²) in [5.41, 5.74) is 6.68. The summed E-state index contributed by atoms with van der Waals surface area (Å²) in [4.78, 5) is 0. The Kier molecular flexibility index (Phi) is 6.59. The van der Waals surface area contributed by atoms with Gasteiger partial charge < -0.3 is 20.5 Å². The molecule has 0 bridgehead atoms. The quantitative estimate of drug-likeness (QED) is 0.751. The van der Waals surface area contributed by atoms with Gasteiger partial charge in [-0.2, -0.15) is 13.2 Å². The molecule has 152 valence electrons. The Morgan fingerprint density at radius 1 is 1.04 bits per heavy atom. The molecule has 0 spiro atoms. The molecule has 1 aliphatic rings. The van der Waals surface area contributed by atoms with Crippen LogP contribution in [-0.4, -0.2) is 32.0 Å². The number of halogens is 3. The SMILES string of the molecule is NC(CNC1(c2ccc(OCc3ccccc3)cc2)CCOCC1)C(F)(F)F. The van der Waals surface area contributed by atoms with E-state index in [2.05, 4.69) is 5.32 Å². The molecule has 0 radical (unpaired) electrons. The van der Waals surface area contributed by atoms with Crippen molar-refractivity contribution in [1.29, 1.82) is 0 Å². The van der Waals surface area contributed by atoms with Gasteiger partial charge in [0.25, 0.3) is 0 Å². The van der Waals surface area contributed by atoms with Crippen LogP contribution in [0, 0.1) is 0 Å². The minimum atomic E-state index is -4.42. The number of benzene rings is 2. The molecule has 2 aromatic rings. The van der Waals surface area contributed by atoms with Gasteiger partial charge >= 0.3 is 6.18 Å². The molecular weight excluding hydrogens is 369 g/mol. The summed E-state index contributed by atoms with van der Waals surface area (Å²) >= 11 is 0. The van der Waals surface area contributed by atoms with Crippen molar-refractivity contribution in [1.82, 2.24) is 5.32 Å². The molecule has 0 aromatic heterocycles. The van der Waals surface area contributed by atoms with Crippen molar-refractivity contribution in [2.24, 2.45) is 5.73 Å². The number of hydrogen-bond donors (Lipinski definition) is 2. The van der Waals surface area contributed by atoms with E-state index in [0.717, 1.165) is 11.1 Å². The van der Waals surface area contributed by atoms with E-state index in [-0.39, 0.29) is 6.54 Å². The Bertz CT molecular complexity index is 730. The number of alkyl halides is 3. The summed E-state index contributed by atoms with van der Waals surface area (Å²) in [5.74, 6) is 0.710. The lowest BCUT2D eigenvalue weighted by atomic mass is 9.82. The van der Waals surface area contributed by atoms with Gasteiger partial charge in [0.15, 0.2) is 0 Å². The topological polar surface area (TPSA) is 56.5 Å². The van der Waals surface area contributed by atoms with Crippen LogP contribution in [0.2, 0.25) is 0 Å². The van der Waals surface area contributed by atoms with Crippen molar-refractivity contribution in [2.45, 2.75) is 37.2 Å². The van der Waals surface area contributed by atoms with Crippen molar-refractivity contribution in [3.8, 4) is 5.75 Å². The summed E-state index contributed by atoms with van der Waals surface area (Å²) in [6.45, 7) is 1.09. The third-order valence-electron chi connectivity index (χ3n) is 5.08. The van der Waals surface area contributed by atoms with Gasteiger partial charge in [0.2, 0.25) is 0 Å². The van der Waals surface area contributed by atoms with Gasteiger partial charge in [-0.3, -0.25) is 0 Å². The van der Waals surface area contributed by atoms with Crippen molar-refractivity contribution >= 4 is 0 Å². The average molecular weight is 394 g/mol. The molecule has 3 rings (SSSR count).